The molecule has 1 aliphatic rings. The van der Waals surface area contributed by atoms with E-state index in [0.717, 1.165) is 37.8 Å². The Morgan fingerprint density at radius 1 is 1.06 bits per heavy atom. The summed E-state index contributed by atoms with van der Waals surface area (Å²) in [4.78, 5) is 25.8. The molecule has 2 aromatic carbocycles. The predicted octanol–water partition coefficient (Wildman–Crippen LogP) is 4.86. The molecule has 0 heterocycles. The van der Waals surface area contributed by atoms with Gasteiger partial charge in [-0.05, 0) is 37.1 Å². The van der Waals surface area contributed by atoms with Crippen LogP contribution in [-0.4, -0.2) is 50.0 Å². The van der Waals surface area contributed by atoms with Gasteiger partial charge in [-0.1, -0.05) is 19.3 Å². The van der Waals surface area contributed by atoms with Gasteiger partial charge in [0, 0.05) is 31.8 Å². The van der Waals surface area contributed by atoms with Gasteiger partial charge in [0.2, 0.25) is 0 Å². The summed E-state index contributed by atoms with van der Waals surface area (Å²) in [5, 5.41) is 14.0. The van der Waals surface area contributed by atoms with E-state index in [1.807, 2.05) is 0 Å². The van der Waals surface area contributed by atoms with Gasteiger partial charge in [0.1, 0.15) is 17.4 Å². The zero-order valence-electron chi connectivity index (χ0n) is 19.0. The Kier molecular flexibility index (Phi) is 9.03. The van der Waals surface area contributed by atoms with Crippen molar-refractivity contribution in [2.45, 2.75) is 38.1 Å². The summed E-state index contributed by atoms with van der Waals surface area (Å²) in [5.74, 6) is -2.54. The Balaban J connectivity index is 1.89. The summed E-state index contributed by atoms with van der Waals surface area (Å²) in [7, 11) is 1.62. The van der Waals surface area contributed by atoms with Gasteiger partial charge in [-0.2, -0.15) is 0 Å². The fourth-order valence-corrected chi connectivity index (χ4v) is 4.05. The van der Waals surface area contributed by atoms with Crippen LogP contribution in [-0.2, 0) is 9.53 Å². The van der Waals surface area contributed by atoms with Gasteiger partial charge in [-0.15, -0.1) is 0 Å². The number of carbonyl (C=O) groups excluding carboxylic acids is 1. The number of ether oxygens (including phenoxy) is 2. The number of urea groups is 1. The number of anilines is 3. The first kappa shape index (κ1) is 25.2. The molecule has 3 N–H and O–H groups in total. The SMILES string of the molecule is COCCN(c1ccc(OCC(=O)O)cc1NC(=O)Nc1ccc(F)cc1F)C1CCCCC1. The van der Waals surface area contributed by atoms with Crippen LogP contribution in [0.1, 0.15) is 32.1 Å². The third-order valence-electron chi connectivity index (χ3n) is 5.62. The van der Waals surface area contributed by atoms with Gasteiger partial charge < -0.3 is 30.1 Å². The summed E-state index contributed by atoms with van der Waals surface area (Å²) in [5.41, 5.74) is 0.896. The van der Waals surface area contributed by atoms with Crippen LogP contribution in [0.15, 0.2) is 36.4 Å². The van der Waals surface area contributed by atoms with Gasteiger partial charge in [-0.25, -0.2) is 18.4 Å². The first-order valence-electron chi connectivity index (χ1n) is 11.1. The van der Waals surface area contributed by atoms with Crippen LogP contribution in [0, 0.1) is 11.6 Å². The lowest BCUT2D eigenvalue weighted by molar-refractivity contribution is -0.139. The number of amides is 2. The minimum atomic E-state index is -1.13. The number of hydrogen-bond donors (Lipinski definition) is 3. The van der Waals surface area contributed by atoms with E-state index < -0.39 is 30.2 Å². The maximum atomic E-state index is 14.0. The zero-order chi connectivity index (χ0) is 24.5. The number of halogens is 2. The first-order valence-corrected chi connectivity index (χ1v) is 11.1. The Hall–Kier alpha value is -3.40. The molecule has 34 heavy (non-hydrogen) atoms. The molecule has 0 unspecified atom stereocenters. The molecular formula is C24H29F2N3O5. The number of benzene rings is 2. The second-order valence-corrected chi connectivity index (χ2v) is 8.04. The Bertz CT molecular complexity index is 999. The van der Waals surface area contributed by atoms with E-state index in [-0.39, 0.29) is 17.5 Å². The van der Waals surface area contributed by atoms with Crippen LogP contribution in [0.5, 0.6) is 5.75 Å². The van der Waals surface area contributed by atoms with E-state index in [4.69, 9.17) is 14.6 Å². The van der Waals surface area contributed by atoms with Crippen molar-refractivity contribution in [1.29, 1.82) is 0 Å². The zero-order valence-corrected chi connectivity index (χ0v) is 19.0. The number of hydrogen-bond acceptors (Lipinski definition) is 5. The van der Waals surface area contributed by atoms with Gasteiger partial charge in [0.05, 0.1) is 23.7 Å². The summed E-state index contributed by atoms with van der Waals surface area (Å²) in [6.45, 7) is 0.515. The highest BCUT2D eigenvalue weighted by molar-refractivity contribution is 6.02. The quantitative estimate of drug-likeness (QED) is 0.452. The number of nitrogens with zero attached hydrogens (tertiary/aromatic N) is 1. The summed E-state index contributed by atoms with van der Waals surface area (Å²) >= 11 is 0. The van der Waals surface area contributed by atoms with Crippen molar-refractivity contribution in [1.82, 2.24) is 0 Å². The highest BCUT2D eigenvalue weighted by Crippen LogP contribution is 2.35. The molecule has 3 rings (SSSR count). The Morgan fingerprint density at radius 2 is 1.79 bits per heavy atom. The van der Waals surface area contributed by atoms with Crippen LogP contribution in [0.2, 0.25) is 0 Å². The molecule has 0 aliphatic heterocycles. The lowest BCUT2D eigenvalue weighted by Gasteiger charge is -2.37. The second kappa shape index (κ2) is 12.2. The van der Waals surface area contributed by atoms with E-state index in [0.29, 0.717) is 30.6 Å². The molecule has 1 aliphatic carbocycles. The standard InChI is InChI=1S/C24H29F2N3O5/c1-33-12-11-29(17-5-3-2-4-6-17)22-10-8-18(34-15-23(30)31)14-21(22)28-24(32)27-20-9-7-16(25)13-19(20)26/h7-10,13-14,17H,2-6,11-12,15H2,1H3,(H,30,31)(H2,27,28,32). The highest BCUT2D eigenvalue weighted by atomic mass is 19.1. The van der Waals surface area contributed by atoms with Crippen molar-refractivity contribution in [2.24, 2.45) is 0 Å². The van der Waals surface area contributed by atoms with Crippen LogP contribution in [0.4, 0.5) is 30.6 Å². The molecule has 0 saturated heterocycles. The van der Waals surface area contributed by atoms with Crippen LogP contribution in [0.3, 0.4) is 0 Å². The Morgan fingerprint density at radius 3 is 2.47 bits per heavy atom. The topological polar surface area (TPSA) is 100 Å². The normalized spacial score (nSPS) is 13.9. The van der Waals surface area contributed by atoms with Gasteiger partial charge >= 0.3 is 12.0 Å². The molecule has 0 spiro atoms. The van der Waals surface area contributed by atoms with Gasteiger partial charge in [0.25, 0.3) is 0 Å². The molecule has 0 atom stereocenters. The molecule has 0 bridgehead atoms. The van der Waals surface area contributed by atoms with Crippen LogP contribution in [0.25, 0.3) is 0 Å². The Labute approximate surface area is 196 Å². The van der Waals surface area contributed by atoms with E-state index in [2.05, 4.69) is 15.5 Å². The number of carboxylic acids is 1. The number of rotatable bonds is 10. The van der Waals surface area contributed by atoms with Crippen molar-refractivity contribution in [3.63, 3.8) is 0 Å². The average Bonchev–Trinajstić information content (AvgIpc) is 2.81. The first-order chi connectivity index (χ1) is 16.4. The number of nitrogens with one attached hydrogen (secondary N) is 2. The largest absolute Gasteiger partial charge is 0.482 e. The van der Waals surface area contributed by atoms with E-state index >= 15 is 0 Å². The molecular weight excluding hydrogens is 448 g/mol. The number of methoxy groups -OCH3 is 1. The third kappa shape index (κ3) is 7.05. The average molecular weight is 478 g/mol. The van der Waals surface area contributed by atoms with Crippen LogP contribution >= 0.6 is 0 Å². The highest BCUT2D eigenvalue weighted by Gasteiger charge is 2.24. The number of carboxylic acid groups (broad SMARTS) is 1. The van der Waals surface area contributed by atoms with Crippen molar-refractivity contribution in [3.8, 4) is 5.75 Å². The van der Waals surface area contributed by atoms with Crippen molar-refractivity contribution >= 4 is 29.1 Å². The van der Waals surface area contributed by atoms with Crippen molar-refractivity contribution in [2.75, 3.05) is 42.4 Å². The summed E-state index contributed by atoms with van der Waals surface area (Å²) in [6.07, 6.45) is 5.36. The maximum Gasteiger partial charge on any atom is 0.341 e. The molecule has 0 radical (unpaired) electrons. The molecule has 1 fully saturated rings. The number of carbonyl (C=O) groups is 2. The van der Waals surface area contributed by atoms with E-state index in [9.17, 15) is 18.4 Å². The lowest BCUT2D eigenvalue weighted by Crippen LogP contribution is -2.39. The monoisotopic (exact) mass is 477 g/mol. The number of aliphatic carboxylic acids is 1. The smallest absolute Gasteiger partial charge is 0.341 e. The third-order valence-corrected chi connectivity index (χ3v) is 5.62. The molecule has 8 nitrogen and oxygen atoms in total. The molecule has 2 aromatic rings. The van der Waals surface area contributed by atoms with Crippen LogP contribution < -0.4 is 20.3 Å². The van der Waals surface area contributed by atoms with E-state index in [1.54, 1.807) is 19.2 Å². The summed E-state index contributed by atoms with van der Waals surface area (Å²) < 4.78 is 37.8. The fourth-order valence-electron chi connectivity index (χ4n) is 4.05. The second-order valence-electron chi connectivity index (χ2n) is 8.04. The molecule has 184 valence electrons. The lowest BCUT2D eigenvalue weighted by atomic mass is 9.93. The maximum absolute atomic E-state index is 14.0. The molecule has 1 saturated carbocycles. The molecule has 2 amide bonds. The molecule has 0 aromatic heterocycles. The minimum absolute atomic E-state index is 0.178. The minimum Gasteiger partial charge on any atom is -0.482 e. The fraction of sp³-hybridized carbons (Fsp3) is 0.417. The van der Waals surface area contributed by atoms with Gasteiger partial charge in [0.15, 0.2) is 6.61 Å². The van der Waals surface area contributed by atoms with Crippen molar-refractivity contribution in [3.05, 3.63) is 48.0 Å². The molecule has 10 heteroatoms. The predicted molar refractivity (Wildman–Crippen MR) is 125 cm³/mol. The van der Waals surface area contributed by atoms with Gasteiger partial charge in [-0.3, -0.25) is 0 Å². The van der Waals surface area contributed by atoms with Crippen molar-refractivity contribution < 1.29 is 33.0 Å². The van der Waals surface area contributed by atoms with E-state index in [1.165, 1.54) is 12.5 Å². The summed E-state index contributed by atoms with van der Waals surface area (Å²) in [6, 6.07) is 7.28.